The van der Waals surface area contributed by atoms with Crippen LogP contribution in [-0.4, -0.2) is 40.9 Å². The van der Waals surface area contributed by atoms with E-state index in [4.69, 9.17) is 0 Å². The van der Waals surface area contributed by atoms with Gasteiger partial charge in [0.05, 0.1) is 5.69 Å². The Kier molecular flexibility index (Phi) is 3.61. The first kappa shape index (κ1) is 11.6. The third-order valence-corrected chi connectivity index (χ3v) is 3.40. The number of nitrogens with one attached hydrogen (secondary N) is 1. The summed E-state index contributed by atoms with van der Waals surface area (Å²) in [4.78, 5) is 2.44. The number of hydrogen-bond acceptors (Lipinski definition) is 3. The van der Waals surface area contributed by atoms with Gasteiger partial charge in [0.1, 0.15) is 0 Å². The van der Waals surface area contributed by atoms with Crippen molar-refractivity contribution in [3.8, 4) is 0 Å². The molecule has 4 heteroatoms. The smallest absolute Gasteiger partial charge is 0.0666 e. The summed E-state index contributed by atoms with van der Waals surface area (Å²) in [5.41, 5.74) is 2.61. The molecule has 1 unspecified atom stereocenters. The molecule has 1 fully saturated rings. The molecular formula is C12H22N4. The lowest BCUT2D eigenvalue weighted by Crippen LogP contribution is -2.33. The zero-order valence-corrected chi connectivity index (χ0v) is 10.5. The molecule has 1 atom stereocenters. The zero-order chi connectivity index (χ0) is 11.5. The van der Waals surface area contributed by atoms with E-state index in [9.17, 15) is 0 Å². The Morgan fingerprint density at radius 3 is 3.06 bits per heavy atom. The molecule has 0 radical (unpaired) electrons. The van der Waals surface area contributed by atoms with Crippen molar-refractivity contribution >= 4 is 0 Å². The van der Waals surface area contributed by atoms with Crippen LogP contribution in [0.15, 0.2) is 6.20 Å². The van der Waals surface area contributed by atoms with Gasteiger partial charge >= 0.3 is 0 Å². The van der Waals surface area contributed by atoms with Crippen LogP contribution < -0.4 is 5.32 Å². The highest BCUT2D eigenvalue weighted by atomic mass is 15.3. The largest absolute Gasteiger partial charge is 0.315 e. The molecule has 1 aromatic rings. The number of rotatable bonds is 4. The quantitative estimate of drug-likeness (QED) is 0.817. The van der Waals surface area contributed by atoms with Crippen LogP contribution in [0, 0.1) is 0 Å². The number of aromatic nitrogens is 2. The molecule has 0 amide bonds. The van der Waals surface area contributed by atoms with Crippen molar-refractivity contribution in [2.75, 3.05) is 20.1 Å². The molecule has 1 N–H and O–H groups in total. The van der Waals surface area contributed by atoms with Crippen molar-refractivity contribution in [1.82, 2.24) is 20.0 Å². The summed E-state index contributed by atoms with van der Waals surface area (Å²) in [5, 5.41) is 7.89. The Bertz CT molecular complexity index is 339. The molecule has 2 rings (SSSR count). The first-order valence-electron chi connectivity index (χ1n) is 6.13. The van der Waals surface area contributed by atoms with E-state index >= 15 is 0 Å². The second kappa shape index (κ2) is 4.97. The number of hydrogen-bond donors (Lipinski definition) is 1. The van der Waals surface area contributed by atoms with Crippen LogP contribution in [0.3, 0.4) is 0 Å². The highest BCUT2D eigenvalue weighted by Gasteiger charge is 2.20. The average molecular weight is 222 g/mol. The predicted molar refractivity (Wildman–Crippen MR) is 65.3 cm³/mol. The molecule has 1 aliphatic heterocycles. The first-order chi connectivity index (χ1) is 7.70. The number of nitrogens with zero attached hydrogens (tertiary/aromatic N) is 3. The second-order valence-electron chi connectivity index (χ2n) is 4.69. The van der Waals surface area contributed by atoms with E-state index < -0.39 is 0 Å². The lowest BCUT2D eigenvalue weighted by Gasteiger charge is -2.23. The van der Waals surface area contributed by atoms with Crippen molar-refractivity contribution in [2.24, 2.45) is 7.05 Å². The molecule has 0 saturated carbocycles. The Morgan fingerprint density at radius 2 is 2.44 bits per heavy atom. The van der Waals surface area contributed by atoms with Crippen LogP contribution in [0.1, 0.15) is 24.6 Å². The highest BCUT2D eigenvalue weighted by molar-refractivity contribution is 5.17. The van der Waals surface area contributed by atoms with E-state index in [0.717, 1.165) is 26.1 Å². The van der Waals surface area contributed by atoms with Gasteiger partial charge in [-0.15, -0.1) is 0 Å². The van der Waals surface area contributed by atoms with Gasteiger partial charge in [-0.2, -0.15) is 5.10 Å². The summed E-state index contributed by atoms with van der Waals surface area (Å²) in [6, 6.07) is 0.685. The van der Waals surface area contributed by atoms with Crippen LogP contribution in [0.5, 0.6) is 0 Å². The molecular weight excluding hydrogens is 200 g/mol. The Balaban J connectivity index is 2.01. The van der Waals surface area contributed by atoms with Crippen molar-refractivity contribution in [2.45, 2.75) is 32.4 Å². The minimum Gasteiger partial charge on any atom is -0.315 e. The fourth-order valence-electron chi connectivity index (χ4n) is 2.43. The van der Waals surface area contributed by atoms with Gasteiger partial charge in [0.25, 0.3) is 0 Å². The topological polar surface area (TPSA) is 33.1 Å². The van der Waals surface area contributed by atoms with Gasteiger partial charge in [0.2, 0.25) is 0 Å². The molecule has 0 aliphatic carbocycles. The summed E-state index contributed by atoms with van der Waals surface area (Å²) < 4.78 is 1.93. The van der Waals surface area contributed by atoms with Crippen LogP contribution >= 0.6 is 0 Å². The van der Waals surface area contributed by atoms with E-state index in [-0.39, 0.29) is 0 Å². The standard InChI is InChI=1S/C12H22N4/c1-4-12-10(9-16(3)14-12)8-15(2)11-5-6-13-7-11/h9,11,13H,4-8H2,1-3H3. The van der Waals surface area contributed by atoms with E-state index in [0.29, 0.717) is 6.04 Å². The number of likely N-dealkylation sites (N-methyl/N-ethyl adjacent to an activating group) is 1. The van der Waals surface area contributed by atoms with Crippen molar-refractivity contribution < 1.29 is 0 Å². The van der Waals surface area contributed by atoms with Crippen molar-refractivity contribution in [3.63, 3.8) is 0 Å². The molecule has 0 spiro atoms. The Hall–Kier alpha value is -0.870. The minimum atomic E-state index is 0.685. The minimum absolute atomic E-state index is 0.685. The molecule has 1 saturated heterocycles. The van der Waals surface area contributed by atoms with E-state index in [1.807, 2.05) is 11.7 Å². The Morgan fingerprint density at radius 1 is 1.62 bits per heavy atom. The van der Waals surface area contributed by atoms with E-state index in [2.05, 4.69) is 35.5 Å². The maximum absolute atomic E-state index is 4.48. The summed E-state index contributed by atoms with van der Waals surface area (Å²) in [6.07, 6.45) is 4.43. The van der Waals surface area contributed by atoms with Gasteiger partial charge in [-0.1, -0.05) is 6.92 Å². The molecule has 2 heterocycles. The molecule has 0 bridgehead atoms. The Labute approximate surface area is 97.6 Å². The lowest BCUT2D eigenvalue weighted by atomic mass is 10.1. The fourth-order valence-corrected chi connectivity index (χ4v) is 2.43. The summed E-state index contributed by atoms with van der Waals surface area (Å²) >= 11 is 0. The van der Waals surface area contributed by atoms with Gasteiger partial charge in [0.15, 0.2) is 0 Å². The van der Waals surface area contributed by atoms with E-state index in [1.165, 1.54) is 17.7 Å². The molecule has 90 valence electrons. The summed E-state index contributed by atoms with van der Waals surface area (Å²) in [7, 11) is 4.21. The monoisotopic (exact) mass is 222 g/mol. The van der Waals surface area contributed by atoms with Gasteiger partial charge < -0.3 is 5.32 Å². The van der Waals surface area contributed by atoms with E-state index in [1.54, 1.807) is 0 Å². The summed E-state index contributed by atoms with van der Waals surface area (Å²) in [5.74, 6) is 0. The first-order valence-corrected chi connectivity index (χ1v) is 6.13. The fraction of sp³-hybridized carbons (Fsp3) is 0.750. The molecule has 1 aromatic heterocycles. The van der Waals surface area contributed by atoms with Crippen molar-refractivity contribution in [1.29, 1.82) is 0 Å². The van der Waals surface area contributed by atoms with Crippen molar-refractivity contribution in [3.05, 3.63) is 17.5 Å². The van der Waals surface area contributed by atoms with Gasteiger partial charge in [0, 0.05) is 37.9 Å². The lowest BCUT2D eigenvalue weighted by molar-refractivity contribution is 0.248. The second-order valence-corrected chi connectivity index (χ2v) is 4.69. The SMILES string of the molecule is CCc1nn(C)cc1CN(C)C1CCNC1. The third-order valence-electron chi connectivity index (χ3n) is 3.40. The molecule has 1 aliphatic rings. The normalized spacial score (nSPS) is 20.9. The maximum atomic E-state index is 4.48. The zero-order valence-electron chi connectivity index (χ0n) is 10.5. The molecule has 0 aromatic carbocycles. The van der Waals surface area contributed by atoms with Gasteiger partial charge in [-0.25, -0.2) is 0 Å². The van der Waals surface area contributed by atoms with Gasteiger partial charge in [-0.3, -0.25) is 9.58 Å². The highest BCUT2D eigenvalue weighted by Crippen LogP contribution is 2.14. The van der Waals surface area contributed by atoms with Gasteiger partial charge in [-0.05, 0) is 26.4 Å². The maximum Gasteiger partial charge on any atom is 0.0666 e. The summed E-state index contributed by atoms with van der Waals surface area (Å²) in [6.45, 7) is 5.47. The molecule has 16 heavy (non-hydrogen) atoms. The third kappa shape index (κ3) is 2.44. The average Bonchev–Trinajstić information content (AvgIpc) is 2.87. The predicted octanol–water partition coefficient (Wildman–Crippen LogP) is 0.776. The van der Waals surface area contributed by atoms with Crippen LogP contribution in [0.2, 0.25) is 0 Å². The van der Waals surface area contributed by atoms with Crippen LogP contribution in [-0.2, 0) is 20.0 Å². The van der Waals surface area contributed by atoms with Crippen LogP contribution in [0.25, 0.3) is 0 Å². The van der Waals surface area contributed by atoms with Crippen LogP contribution in [0.4, 0.5) is 0 Å². The number of aryl methyl sites for hydroxylation is 2. The molecule has 4 nitrogen and oxygen atoms in total.